The quantitative estimate of drug-likeness (QED) is 0.306. The first-order chi connectivity index (χ1) is 15.8. The number of carbonyl (C=O) groups excluding carboxylic acids is 3. The van der Waals surface area contributed by atoms with Crippen LogP contribution in [0.1, 0.15) is 44.7 Å². The van der Waals surface area contributed by atoms with Crippen LogP contribution >= 0.6 is 15.9 Å². The Balaban J connectivity index is 1.88. The molecule has 1 aliphatic heterocycles. The van der Waals surface area contributed by atoms with Crippen LogP contribution in [0.25, 0.3) is 6.08 Å². The summed E-state index contributed by atoms with van der Waals surface area (Å²) < 4.78 is 16.9. The Labute approximate surface area is 199 Å². The van der Waals surface area contributed by atoms with Gasteiger partial charge in [-0.1, -0.05) is 6.92 Å². The molecule has 0 fully saturated rings. The average Bonchev–Trinajstić information content (AvgIpc) is 3.11. The summed E-state index contributed by atoms with van der Waals surface area (Å²) in [5, 5.41) is 2.67. The highest BCUT2D eigenvalue weighted by Crippen LogP contribution is 2.38. The molecule has 2 aromatic carbocycles. The van der Waals surface area contributed by atoms with Crippen molar-refractivity contribution in [2.75, 3.05) is 11.9 Å². The van der Waals surface area contributed by atoms with Crippen LogP contribution in [0.2, 0.25) is 0 Å². The summed E-state index contributed by atoms with van der Waals surface area (Å²) >= 11 is 3.42. The third-order valence-corrected chi connectivity index (χ3v) is 4.97. The van der Waals surface area contributed by atoms with E-state index >= 15 is 0 Å². The van der Waals surface area contributed by atoms with Crippen molar-refractivity contribution in [1.29, 1.82) is 0 Å². The Morgan fingerprint density at radius 2 is 1.91 bits per heavy atom. The molecule has 2 aromatic rings. The Hall–Kier alpha value is -3.46. The number of nitrogens with one attached hydrogen (secondary N) is 1. The van der Waals surface area contributed by atoms with E-state index in [1.165, 1.54) is 6.92 Å². The number of amides is 1. The van der Waals surface area contributed by atoms with E-state index < -0.39 is 5.97 Å². The van der Waals surface area contributed by atoms with Gasteiger partial charge in [-0.2, -0.15) is 0 Å². The minimum atomic E-state index is -0.594. The lowest BCUT2D eigenvalue weighted by Crippen LogP contribution is -2.09. The van der Waals surface area contributed by atoms with Gasteiger partial charge in [0.2, 0.25) is 11.8 Å². The molecule has 1 heterocycles. The second-order valence-electron chi connectivity index (χ2n) is 7.08. The van der Waals surface area contributed by atoms with Crippen LogP contribution in [0.3, 0.4) is 0 Å². The number of aliphatic imine (C=N–C) groups is 1. The summed E-state index contributed by atoms with van der Waals surface area (Å²) in [6.45, 7) is 5.50. The van der Waals surface area contributed by atoms with Gasteiger partial charge in [-0.25, -0.2) is 9.79 Å². The summed E-state index contributed by atoms with van der Waals surface area (Å²) in [6, 6.07) is 10.1. The van der Waals surface area contributed by atoms with E-state index in [2.05, 4.69) is 26.2 Å². The van der Waals surface area contributed by atoms with Gasteiger partial charge >= 0.3 is 11.9 Å². The van der Waals surface area contributed by atoms with Gasteiger partial charge < -0.3 is 19.5 Å². The number of nitrogens with zero attached hydrogens (tertiary/aromatic N) is 1. The van der Waals surface area contributed by atoms with E-state index in [9.17, 15) is 14.4 Å². The van der Waals surface area contributed by atoms with Crippen LogP contribution < -0.4 is 14.8 Å². The smallest absolute Gasteiger partial charge is 0.363 e. The molecule has 0 atom stereocenters. The summed E-state index contributed by atoms with van der Waals surface area (Å²) in [4.78, 5) is 39.8. The number of esters is 2. The Morgan fingerprint density at radius 1 is 1.18 bits per heavy atom. The maximum Gasteiger partial charge on any atom is 0.363 e. The summed E-state index contributed by atoms with van der Waals surface area (Å²) in [5.41, 5.74) is 1.94. The third kappa shape index (κ3) is 6.29. The van der Waals surface area contributed by atoms with E-state index in [-0.39, 0.29) is 29.2 Å². The fraction of sp³-hybridized carbons (Fsp3) is 0.250. The lowest BCUT2D eigenvalue weighted by Gasteiger charge is -2.13. The molecule has 0 aromatic heterocycles. The SMILES string of the molecule is CCCC(=O)Oc1c(Br)cc(/C=C2\N=C(c3ccc(NC(C)=O)cc3)OC2=O)cc1OCC. The fourth-order valence-corrected chi connectivity index (χ4v) is 3.53. The van der Waals surface area contributed by atoms with Crippen molar-refractivity contribution in [3.05, 3.63) is 57.7 Å². The second-order valence-corrected chi connectivity index (χ2v) is 7.94. The Kier molecular flexibility index (Phi) is 8.00. The van der Waals surface area contributed by atoms with Gasteiger partial charge in [0, 0.05) is 24.6 Å². The molecule has 0 saturated carbocycles. The van der Waals surface area contributed by atoms with Crippen molar-refractivity contribution in [3.63, 3.8) is 0 Å². The number of anilines is 1. The monoisotopic (exact) mass is 514 g/mol. The molecule has 1 aliphatic rings. The van der Waals surface area contributed by atoms with Crippen LogP contribution in [-0.4, -0.2) is 30.4 Å². The largest absolute Gasteiger partial charge is 0.490 e. The number of benzene rings is 2. The zero-order valence-electron chi connectivity index (χ0n) is 18.4. The van der Waals surface area contributed by atoms with Gasteiger partial charge in [0.15, 0.2) is 17.2 Å². The van der Waals surface area contributed by atoms with Crippen molar-refractivity contribution in [3.8, 4) is 11.5 Å². The fourth-order valence-electron chi connectivity index (χ4n) is 2.99. The van der Waals surface area contributed by atoms with Crippen molar-refractivity contribution < 1.29 is 28.6 Å². The molecule has 8 nitrogen and oxygen atoms in total. The lowest BCUT2D eigenvalue weighted by atomic mass is 10.1. The Bertz CT molecular complexity index is 1140. The van der Waals surface area contributed by atoms with Crippen molar-refractivity contribution in [2.45, 2.75) is 33.6 Å². The normalized spacial score (nSPS) is 14.0. The zero-order valence-corrected chi connectivity index (χ0v) is 20.0. The highest BCUT2D eigenvalue weighted by atomic mass is 79.9. The van der Waals surface area contributed by atoms with E-state index in [1.807, 2.05) is 13.8 Å². The number of cyclic esters (lactones) is 1. The van der Waals surface area contributed by atoms with Crippen LogP contribution in [0, 0.1) is 0 Å². The first-order valence-corrected chi connectivity index (χ1v) is 11.2. The predicted molar refractivity (Wildman–Crippen MR) is 127 cm³/mol. The average molecular weight is 515 g/mol. The molecule has 1 N–H and O–H groups in total. The first-order valence-electron chi connectivity index (χ1n) is 10.4. The summed E-state index contributed by atoms with van der Waals surface area (Å²) in [5.74, 6) is -0.315. The van der Waals surface area contributed by atoms with Gasteiger partial charge in [-0.15, -0.1) is 0 Å². The number of ether oxygens (including phenoxy) is 3. The van der Waals surface area contributed by atoms with Crippen LogP contribution in [0.15, 0.2) is 51.6 Å². The van der Waals surface area contributed by atoms with Gasteiger partial charge in [-0.05, 0) is 77.3 Å². The van der Waals surface area contributed by atoms with Gasteiger partial charge in [-0.3, -0.25) is 9.59 Å². The van der Waals surface area contributed by atoms with Crippen LogP contribution in [0.5, 0.6) is 11.5 Å². The highest BCUT2D eigenvalue weighted by molar-refractivity contribution is 9.10. The Morgan fingerprint density at radius 3 is 2.55 bits per heavy atom. The number of hydrogen-bond donors (Lipinski definition) is 1. The minimum Gasteiger partial charge on any atom is -0.490 e. The highest BCUT2D eigenvalue weighted by Gasteiger charge is 2.25. The summed E-state index contributed by atoms with van der Waals surface area (Å²) in [7, 11) is 0. The third-order valence-electron chi connectivity index (χ3n) is 4.38. The molecule has 172 valence electrons. The van der Waals surface area contributed by atoms with E-state index in [1.54, 1.807) is 42.5 Å². The molecule has 1 amide bonds. The molecule has 0 saturated heterocycles. The molecular formula is C24H23BrN2O6. The van der Waals surface area contributed by atoms with E-state index in [0.29, 0.717) is 46.5 Å². The molecule has 0 radical (unpaired) electrons. The zero-order chi connectivity index (χ0) is 24.0. The molecule has 33 heavy (non-hydrogen) atoms. The number of carbonyl (C=O) groups is 3. The first kappa shape index (κ1) is 24.2. The molecule has 0 spiro atoms. The number of hydrogen-bond acceptors (Lipinski definition) is 7. The topological polar surface area (TPSA) is 103 Å². The van der Waals surface area contributed by atoms with Crippen molar-refractivity contribution in [1.82, 2.24) is 0 Å². The molecule has 9 heteroatoms. The van der Waals surface area contributed by atoms with E-state index in [4.69, 9.17) is 14.2 Å². The van der Waals surface area contributed by atoms with Gasteiger partial charge in [0.25, 0.3) is 0 Å². The van der Waals surface area contributed by atoms with E-state index in [0.717, 1.165) is 0 Å². The molecule has 0 bridgehead atoms. The molecule has 3 rings (SSSR count). The van der Waals surface area contributed by atoms with Gasteiger partial charge in [0.05, 0.1) is 11.1 Å². The second kappa shape index (κ2) is 10.9. The number of rotatable bonds is 8. The van der Waals surface area contributed by atoms with Crippen molar-refractivity contribution in [2.24, 2.45) is 4.99 Å². The molecular weight excluding hydrogens is 492 g/mol. The molecule has 0 unspecified atom stereocenters. The maximum atomic E-state index is 12.4. The predicted octanol–water partition coefficient (Wildman–Crippen LogP) is 4.86. The maximum absolute atomic E-state index is 12.4. The van der Waals surface area contributed by atoms with Crippen LogP contribution in [-0.2, 0) is 19.1 Å². The lowest BCUT2D eigenvalue weighted by molar-refractivity contribution is -0.134. The van der Waals surface area contributed by atoms with Gasteiger partial charge in [0.1, 0.15) is 0 Å². The minimum absolute atomic E-state index is 0.112. The molecule has 0 aliphatic carbocycles. The van der Waals surface area contributed by atoms with Crippen molar-refractivity contribution >= 4 is 51.4 Å². The summed E-state index contributed by atoms with van der Waals surface area (Å²) in [6.07, 6.45) is 2.52. The standard InChI is InChI=1S/C24H23BrN2O6/c1-4-6-21(29)32-22-18(25)11-15(13-20(22)31-5-2)12-19-24(30)33-23(27-19)16-7-9-17(10-8-16)26-14(3)28/h7-13H,4-6H2,1-3H3,(H,26,28)/b19-12-. The van der Waals surface area contributed by atoms with Crippen LogP contribution in [0.4, 0.5) is 5.69 Å². The number of halogens is 1.